The monoisotopic (exact) mass is 575 g/mol. The molecule has 2 aliphatic heterocycles. The zero-order valence-electron chi connectivity index (χ0n) is 22.9. The number of aromatic amines is 1. The van der Waals surface area contributed by atoms with E-state index in [4.69, 9.17) is 9.47 Å². The Hall–Kier alpha value is -4.26. The van der Waals surface area contributed by atoms with Crippen molar-refractivity contribution in [3.8, 4) is 28.3 Å². The van der Waals surface area contributed by atoms with Gasteiger partial charge in [-0.2, -0.15) is 5.10 Å². The lowest BCUT2D eigenvalue weighted by atomic mass is 10.0. The largest absolute Gasteiger partial charge is 0.484 e. The molecule has 2 aromatic carbocycles. The summed E-state index contributed by atoms with van der Waals surface area (Å²) in [7, 11) is 0. The average Bonchev–Trinajstić information content (AvgIpc) is 3.56. The SMILES string of the molecule is C.CCN1CCN(C(=O)COc2ccc(-c3n[nH]c4c3C(=O)c3c(NC(=O)NN5CCOCC5)cccc3-4)cc2)CC1. The van der Waals surface area contributed by atoms with Gasteiger partial charge in [-0.3, -0.25) is 20.1 Å². The maximum Gasteiger partial charge on any atom is 0.333 e. The maximum absolute atomic E-state index is 13.6. The lowest BCUT2D eigenvalue weighted by Gasteiger charge is -2.33. The van der Waals surface area contributed by atoms with Gasteiger partial charge in [0, 0.05) is 50.4 Å². The number of carbonyl (C=O) groups is 3. The number of hydrazine groups is 1. The molecule has 0 bridgehead atoms. The summed E-state index contributed by atoms with van der Waals surface area (Å²) in [5.74, 6) is 0.324. The van der Waals surface area contributed by atoms with Crippen LogP contribution in [0.25, 0.3) is 22.5 Å². The number of benzene rings is 2. The van der Waals surface area contributed by atoms with Gasteiger partial charge in [-0.25, -0.2) is 9.80 Å². The number of piperazine rings is 1. The predicted octanol–water partition coefficient (Wildman–Crippen LogP) is 2.84. The zero-order valence-corrected chi connectivity index (χ0v) is 22.9. The Morgan fingerprint density at radius 2 is 1.74 bits per heavy atom. The van der Waals surface area contributed by atoms with Crippen LogP contribution < -0.4 is 15.5 Å². The minimum Gasteiger partial charge on any atom is -0.484 e. The minimum atomic E-state index is -0.417. The predicted molar refractivity (Wildman–Crippen MR) is 158 cm³/mol. The number of nitrogens with one attached hydrogen (secondary N) is 3. The van der Waals surface area contributed by atoms with Gasteiger partial charge in [-0.1, -0.05) is 26.5 Å². The van der Waals surface area contributed by atoms with Crippen LogP contribution >= 0.6 is 0 Å². The highest BCUT2D eigenvalue weighted by atomic mass is 16.5. The fraction of sp³-hybridized carbons (Fsp3) is 0.400. The van der Waals surface area contributed by atoms with Crippen molar-refractivity contribution in [1.82, 2.24) is 30.4 Å². The Morgan fingerprint density at radius 1 is 1.00 bits per heavy atom. The van der Waals surface area contributed by atoms with Crippen molar-refractivity contribution in [3.63, 3.8) is 0 Å². The Morgan fingerprint density at radius 3 is 2.45 bits per heavy atom. The van der Waals surface area contributed by atoms with E-state index in [1.807, 2.05) is 23.1 Å². The summed E-state index contributed by atoms with van der Waals surface area (Å²) in [6, 6.07) is 12.1. The van der Waals surface area contributed by atoms with Crippen molar-refractivity contribution in [2.24, 2.45) is 0 Å². The molecule has 0 atom stereocenters. The van der Waals surface area contributed by atoms with Gasteiger partial charge in [0.2, 0.25) is 0 Å². The fourth-order valence-electron chi connectivity index (χ4n) is 5.43. The van der Waals surface area contributed by atoms with Crippen LogP contribution in [0, 0.1) is 0 Å². The third kappa shape index (κ3) is 5.87. The second kappa shape index (κ2) is 12.7. The Kier molecular flexibility index (Phi) is 8.86. The number of rotatable bonds is 7. The van der Waals surface area contributed by atoms with Gasteiger partial charge >= 0.3 is 6.03 Å². The van der Waals surface area contributed by atoms with Crippen molar-refractivity contribution < 1.29 is 23.9 Å². The maximum atomic E-state index is 13.6. The summed E-state index contributed by atoms with van der Waals surface area (Å²) in [4.78, 5) is 43.0. The Labute approximate surface area is 244 Å². The molecule has 1 aromatic heterocycles. The molecular formula is C30H37N7O5. The lowest BCUT2D eigenvalue weighted by molar-refractivity contribution is -0.135. The van der Waals surface area contributed by atoms with E-state index in [0.29, 0.717) is 78.9 Å². The standard InChI is InChI=1S/C29H33N7O5.CH4/c1-2-34-10-12-35(13-11-34)23(37)18-41-20-8-6-19(7-9-20)26-25-27(32-31-26)21-4-3-5-22(24(21)28(25)38)30-29(39)33-36-14-16-40-17-15-36;/h3-9H,2,10-18H2,1H3,(H,31,32)(H2,30,33,39);1H4. The molecule has 0 saturated carbocycles. The first-order valence-corrected chi connectivity index (χ1v) is 13.9. The van der Waals surface area contributed by atoms with E-state index in [-0.39, 0.29) is 25.7 Å². The number of amides is 3. The number of nitrogens with zero attached hydrogens (tertiary/aromatic N) is 4. The van der Waals surface area contributed by atoms with Gasteiger partial charge in [0.15, 0.2) is 12.4 Å². The van der Waals surface area contributed by atoms with Gasteiger partial charge in [0.25, 0.3) is 5.91 Å². The molecule has 1 aliphatic carbocycles. The lowest BCUT2D eigenvalue weighted by Crippen LogP contribution is -2.49. The van der Waals surface area contributed by atoms with Crippen molar-refractivity contribution in [1.29, 1.82) is 0 Å². The fourth-order valence-corrected chi connectivity index (χ4v) is 5.43. The zero-order chi connectivity index (χ0) is 28.3. The number of H-pyrrole nitrogens is 1. The number of fused-ring (bicyclic) bond motifs is 3. The van der Waals surface area contributed by atoms with Gasteiger partial charge in [0.1, 0.15) is 11.4 Å². The van der Waals surface area contributed by atoms with Crippen LogP contribution in [0.15, 0.2) is 42.5 Å². The second-order valence-electron chi connectivity index (χ2n) is 10.2. The molecule has 3 N–H and O–H groups in total. The molecule has 2 fully saturated rings. The van der Waals surface area contributed by atoms with Crippen LogP contribution in [-0.2, 0) is 9.53 Å². The number of carbonyl (C=O) groups excluding carboxylic acids is 3. The molecule has 2 saturated heterocycles. The molecule has 12 nitrogen and oxygen atoms in total. The van der Waals surface area contributed by atoms with Crippen LogP contribution in [-0.4, -0.2) is 108 Å². The Bertz CT molecular complexity index is 1440. The number of ether oxygens (including phenoxy) is 2. The number of hydrogen-bond acceptors (Lipinski definition) is 8. The normalized spacial score (nSPS) is 16.8. The molecule has 3 aliphatic rings. The van der Waals surface area contributed by atoms with Gasteiger partial charge in [-0.15, -0.1) is 0 Å². The van der Waals surface area contributed by atoms with Gasteiger partial charge < -0.3 is 24.6 Å². The number of anilines is 1. The van der Waals surface area contributed by atoms with Crippen molar-refractivity contribution in [2.45, 2.75) is 14.4 Å². The van der Waals surface area contributed by atoms with E-state index in [9.17, 15) is 14.4 Å². The number of likely N-dealkylation sites (N-methyl/N-ethyl adjacent to an activating group) is 1. The number of aromatic nitrogens is 2. The molecule has 3 aromatic rings. The summed E-state index contributed by atoms with van der Waals surface area (Å²) in [6.45, 7) is 8.57. The number of hydrogen-bond donors (Lipinski definition) is 3. The molecular weight excluding hydrogens is 538 g/mol. The third-order valence-electron chi connectivity index (χ3n) is 7.74. The van der Waals surface area contributed by atoms with E-state index in [1.54, 1.807) is 29.3 Å². The van der Waals surface area contributed by atoms with Crippen LogP contribution in [0.5, 0.6) is 5.75 Å². The number of morpholine rings is 1. The van der Waals surface area contributed by atoms with E-state index in [2.05, 4.69) is 32.8 Å². The molecule has 3 amide bonds. The van der Waals surface area contributed by atoms with Crippen molar-refractivity contribution >= 4 is 23.4 Å². The topological polar surface area (TPSA) is 132 Å². The molecule has 6 rings (SSSR count). The molecule has 3 heterocycles. The third-order valence-corrected chi connectivity index (χ3v) is 7.74. The molecule has 0 unspecified atom stereocenters. The first-order chi connectivity index (χ1) is 20.0. The van der Waals surface area contributed by atoms with Crippen LogP contribution in [0.3, 0.4) is 0 Å². The van der Waals surface area contributed by atoms with Crippen LogP contribution in [0.2, 0.25) is 0 Å². The second-order valence-corrected chi connectivity index (χ2v) is 10.2. The molecule has 222 valence electrons. The summed E-state index contributed by atoms with van der Waals surface area (Å²) in [6.07, 6.45) is 0. The summed E-state index contributed by atoms with van der Waals surface area (Å²) in [5.41, 5.74) is 6.67. The van der Waals surface area contributed by atoms with Crippen LogP contribution in [0.4, 0.5) is 10.5 Å². The highest BCUT2D eigenvalue weighted by molar-refractivity contribution is 6.26. The minimum absolute atomic E-state index is 0. The summed E-state index contributed by atoms with van der Waals surface area (Å²) < 4.78 is 11.1. The van der Waals surface area contributed by atoms with Crippen LogP contribution in [0.1, 0.15) is 30.3 Å². The van der Waals surface area contributed by atoms with E-state index in [0.717, 1.165) is 25.2 Å². The summed E-state index contributed by atoms with van der Waals surface area (Å²) in [5, 5.41) is 12.1. The first-order valence-electron chi connectivity index (χ1n) is 13.9. The molecule has 42 heavy (non-hydrogen) atoms. The molecule has 0 radical (unpaired) electrons. The van der Waals surface area contributed by atoms with E-state index < -0.39 is 6.03 Å². The van der Waals surface area contributed by atoms with E-state index >= 15 is 0 Å². The molecule has 0 spiro atoms. The van der Waals surface area contributed by atoms with Gasteiger partial charge in [0.05, 0.1) is 35.7 Å². The summed E-state index contributed by atoms with van der Waals surface area (Å²) >= 11 is 0. The van der Waals surface area contributed by atoms with Gasteiger partial charge in [-0.05, 0) is 36.9 Å². The highest BCUT2D eigenvalue weighted by Crippen LogP contribution is 2.43. The quantitative estimate of drug-likeness (QED) is 0.307. The first kappa shape index (κ1) is 29.2. The van der Waals surface area contributed by atoms with Crippen molar-refractivity contribution in [2.75, 3.05) is 71.0 Å². The number of urea groups is 1. The highest BCUT2D eigenvalue weighted by Gasteiger charge is 2.35. The number of ketones is 1. The smallest absolute Gasteiger partial charge is 0.333 e. The van der Waals surface area contributed by atoms with Crippen molar-refractivity contribution in [3.05, 3.63) is 53.6 Å². The van der Waals surface area contributed by atoms with E-state index in [1.165, 1.54) is 0 Å². The average molecular weight is 576 g/mol. The Balaban J connectivity index is 0.00000353. The molecule has 12 heteroatoms.